The van der Waals surface area contributed by atoms with Crippen LogP contribution in [0.5, 0.6) is 0 Å². The number of carbonyl (C=O) groups excluding carboxylic acids is 1. The predicted octanol–water partition coefficient (Wildman–Crippen LogP) is 6.02. The minimum absolute atomic E-state index is 0.0612. The maximum atomic E-state index is 13.2. The average Bonchev–Trinajstić information content (AvgIpc) is 3.55. The normalized spacial score (nSPS) is 21.8. The molecule has 0 heterocycles. The number of ether oxygens (including phenoxy) is 1. The minimum atomic E-state index is -6.54. The molecule has 0 aliphatic heterocycles. The molecule has 4 atom stereocenters. The SMILES string of the molecule is Fc1ccc([S+](c2ccccc2)c2ccccc2)cc1.O=C(OCCC(F)(F)C(F)(F)S(=O)(=O)[O-])C1CC2CC1CC2O. The molecule has 2 fully saturated rings. The van der Waals surface area contributed by atoms with Crippen molar-refractivity contribution in [2.75, 3.05) is 6.61 Å². The summed E-state index contributed by atoms with van der Waals surface area (Å²) in [5, 5.41) is 3.77. The van der Waals surface area contributed by atoms with Gasteiger partial charge < -0.3 is 14.4 Å². The highest BCUT2D eigenvalue weighted by atomic mass is 32.2. The molecule has 5 rings (SSSR count). The van der Waals surface area contributed by atoms with Crippen molar-refractivity contribution in [2.24, 2.45) is 17.8 Å². The van der Waals surface area contributed by atoms with Crippen LogP contribution in [0.2, 0.25) is 0 Å². The monoisotopic (exact) mass is 644 g/mol. The summed E-state index contributed by atoms with van der Waals surface area (Å²) in [6, 6.07) is 27.5. The number of hydrogen-bond donors (Lipinski definition) is 1. The van der Waals surface area contributed by atoms with Crippen molar-refractivity contribution in [2.45, 2.75) is 57.7 Å². The molecular formula is C30H29F5O6S2. The van der Waals surface area contributed by atoms with Gasteiger partial charge in [0.2, 0.25) is 0 Å². The summed E-state index contributed by atoms with van der Waals surface area (Å²) in [5.74, 6) is -6.95. The van der Waals surface area contributed by atoms with E-state index < -0.39 is 52.3 Å². The van der Waals surface area contributed by atoms with Crippen molar-refractivity contribution in [3.63, 3.8) is 0 Å². The van der Waals surface area contributed by atoms with Gasteiger partial charge in [-0.2, -0.15) is 17.6 Å². The molecule has 2 aliphatic rings. The van der Waals surface area contributed by atoms with Gasteiger partial charge in [0.15, 0.2) is 24.8 Å². The smallest absolute Gasteiger partial charge is 0.396 e. The summed E-state index contributed by atoms with van der Waals surface area (Å²) >= 11 is 0. The van der Waals surface area contributed by atoms with Gasteiger partial charge in [0.05, 0.1) is 35.9 Å². The van der Waals surface area contributed by atoms with Crippen molar-refractivity contribution < 1.29 is 49.6 Å². The lowest BCUT2D eigenvalue weighted by Crippen LogP contribution is -2.47. The molecule has 0 aromatic heterocycles. The predicted molar refractivity (Wildman–Crippen MR) is 147 cm³/mol. The largest absolute Gasteiger partial charge is 0.743 e. The zero-order valence-electron chi connectivity index (χ0n) is 22.6. The molecule has 232 valence electrons. The van der Waals surface area contributed by atoms with Crippen LogP contribution in [0.4, 0.5) is 22.0 Å². The van der Waals surface area contributed by atoms with Crippen LogP contribution in [-0.4, -0.2) is 47.9 Å². The first kappa shape index (κ1) is 32.9. The van der Waals surface area contributed by atoms with Crippen LogP contribution in [0.1, 0.15) is 25.7 Å². The molecule has 3 aromatic rings. The highest BCUT2D eigenvalue weighted by Crippen LogP contribution is 2.49. The Labute approximate surface area is 249 Å². The number of aliphatic hydroxyl groups is 1. The first-order chi connectivity index (χ1) is 20.2. The van der Waals surface area contributed by atoms with Crippen molar-refractivity contribution in [1.29, 1.82) is 0 Å². The number of rotatable bonds is 9. The second kappa shape index (κ2) is 13.3. The minimum Gasteiger partial charge on any atom is -0.743 e. The average molecular weight is 645 g/mol. The summed E-state index contributed by atoms with van der Waals surface area (Å²) in [6.07, 6.45) is -0.936. The zero-order valence-corrected chi connectivity index (χ0v) is 24.3. The molecule has 2 bridgehead atoms. The number of benzene rings is 3. The van der Waals surface area contributed by atoms with Gasteiger partial charge in [-0.1, -0.05) is 36.4 Å². The Hall–Kier alpha value is -3.00. The van der Waals surface area contributed by atoms with E-state index in [2.05, 4.69) is 29.0 Å². The maximum absolute atomic E-state index is 13.2. The van der Waals surface area contributed by atoms with E-state index in [0.29, 0.717) is 19.3 Å². The third-order valence-corrected chi connectivity index (χ3v) is 10.7. The molecule has 0 amide bonds. The third-order valence-electron chi connectivity index (χ3n) is 7.53. The van der Waals surface area contributed by atoms with Crippen molar-refractivity contribution in [3.8, 4) is 0 Å². The van der Waals surface area contributed by atoms with E-state index in [1.807, 2.05) is 48.5 Å². The first-order valence-corrected chi connectivity index (χ1v) is 16.0. The molecule has 6 nitrogen and oxygen atoms in total. The molecule has 3 aromatic carbocycles. The molecule has 1 N–H and O–H groups in total. The van der Waals surface area contributed by atoms with Crippen LogP contribution >= 0.6 is 0 Å². The molecule has 4 unspecified atom stereocenters. The summed E-state index contributed by atoms with van der Waals surface area (Å²) < 4.78 is 100. The van der Waals surface area contributed by atoms with E-state index in [0.717, 1.165) is 4.90 Å². The van der Waals surface area contributed by atoms with Gasteiger partial charge in [-0.15, -0.1) is 0 Å². The van der Waals surface area contributed by atoms with Gasteiger partial charge in [-0.05, 0) is 79.6 Å². The second-order valence-corrected chi connectivity index (χ2v) is 13.8. The summed E-state index contributed by atoms with van der Waals surface area (Å²) in [4.78, 5) is 15.4. The fraction of sp³-hybridized carbons (Fsp3) is 0.367. The summed E-state index contributed by atoms with van der Waals surface area (Å²) in [7, 11) is -6.73. The highest BCUT2D eigenvalue weighted by molar-refractivity contribution is 7.97. The number of carbonyl (C=O) groups is 1. The van der Waals surface area contributed by atoms with Crippen LogP contribution in [0.15, 0.2) is 99.6 Å². The Balaban J connectivity index is 0.000000198. The van der Waals surface area contributed by atoms with Crippen LogP contribution in [-0.2, 0) is 30.5 Å². The Kier molecular flexibility index (Phi) is 10.2. The second-order valence-electron chi connectivity index (χ2n) is 10.4. The lowest BCUT2D eigenvalue weighted by Gasteiger charge is -2.28. The number of fused-ring (bicyclic) bond motifs is 2. The molecule has 0 radical (unpaired) electrons. The number of esters is 1. The van der Waals surface area contributed by atoms with Gasteiger partial charge in [0.25, 0.3) is 0 Å². The van der Waals surface area contributed by atoms with E-state index in [1.165, 1.54) is 21.9 Å². The van der Waals surface area contributed by atoms with Gasteiger partial charge >= 0.3 is 17.1 Å². The van der Waals surface area contributed by atoms with Gasteiger partial charge in [-0.25, -0.2) is 12.8 Å². The molecule has 13 heteroatoms. The van der Waals surface area contributed by atoms with Crippen LogP contribution < -0.4 is 0 Å². The lowest BCUT2D eigenvalue weighted by molar-refractivity contribution is -0.176. The highest BCUT2D eigenvalue weighted by Gasteiger charge is 2.61. The van der Waals surface area contributed by atoms with Gasteiger partial charge in [0.1, 0.15) is 5.82 Å². The van der Waals surface area contributed by atoms with Crippen LogP contribution in [0.3, 0.4) is 0 Å². The van der Waals surface area contributed by atoms with Gasteiger partial charge in [0, 0.05) is 0 Å². The van der Waals surface area contributed by atoms with Crippen LogP contribution in [0.25, 0.3) is 0 Å². The molecule has 0 spiro atoms. The number of aliphatic hydroxyl groups excluding tert-OH is 1. The third kappa shape index (κ3) is 7.57. The first-order valence-electron chi connectivity index (χ1n) is 13.4. The Morgan fingerprint density at radius 3 is 1.79 bits per heavy atom. The molecule has 2 aliphatic carbocycles. The van der Waals surface area contributed by atoms with E-state index in [-0.39, 0.29) is 28.5 Å². The fourth-order valence-electron chi connectivity index (χ4n) is 5.34. The van der Waals surface area contributed by atoms with E-state index in [1.54, 1.807) is 0 Å². The lowest BCUT2D eigenvalue weighted by atomic mass is 9.87. The Bertz CT molecular complexity index is 1430. The topological polar surface area (TPSA) is 104 Å². The quantitative estimate of drug-likeness (QED) is 0.132. The Morgan fingerprint density at radius 2 is 1.35 bits per heavy atom. The van der Waals surface area contributed by atoms with Crippen molar-refractivity contribution in [3.05, 3.63) is 90.7 Å². The van der Waals surface area contributed by atoms with E-state index >= 15 is 0 Å². The van der Waals surface area contributed by atoms with Crippen molar-refractivity contribution in [1.82, 2.24) is 0 Å². The number of alkyl halides is 4. The molecule has 0 saturated heterocycles. The number of hydrogen-bond acceptors (Lipinski definition) is 6. The zero-order chi connectivity index (χ0) is 31.4. The van der Waals surface area contributed by atoms with Crippen molar-refractivity contribution >= 4 is 27.0 Å². The molecule has 2 saturated carbocycles. The fourth-order valence-corrected chi connectivity index (χ4v) is 7.89. The summed E-state index contributed by atoms with van der Waals surface area (Å²) in [5.41, 5.74) is 0. The maximum Gasteiger partial charge on any atom is 0.396 e. The molecule has 43 heavy (non-hydrogen) atoms. The Morgan fingerprint density at radius 1 is 0.837 bits per heavy atom. The number of halogens is 5. The summed E-state index contributed by atoms with van der Waals surface area (Å²) in [6.45, 7) is -1.13. The van der Waals surface area contributed by atoms with E-state index in [9.17, 15) is 44.8 Å². The van der Waals surface area contributed by atoms with Crippen LogP contribution in [0, 0.1) is 23.6 Å². The van der Waals surface area contributed by atoms with E-state index in [4.69, 9.17) is 0 Å². The van der Waals surface area contributed by atoms with Gasteiger partial charge in [-0.3, -0.25) is 4.79 Å². The standard InChI is InChI=1S/C18H14FS.C12H16F4O6S/c19-15-11-13-18(14-12-15)20(16-7-3-1-4-8-16)17-9-5-2-6-10-17;13-11(14,12(15,16)23(19,20)21)1-2-22-10(18)8-4-7-3-6(8)5-9(7)17/h1-14H;6-9,17H,1-5H2,(H,19,20,21)/q+1;/p-1. The molecular weight excluding hydrogens is 615 g/mol.